The highest BCUT2D eigenvalue weighted by molar-refractivity contribution is 5.30. The third-order valence-corrected chi connectivity index (χ3v) is 4.24. The summed E-state index contributed by atoms with van der Waals surface area (Å²) in [6.07, 6.45) is 4.75. The molecule has 2 aromatic rings. The largest absolute Gasteiger partial charge is 0.467 e. The Labute approximate surface area is 131 Å². The molecule has 3 N–H and O–H groups in total. The molecule has 0 spiro atoms. The predicted octanol–water partition coefficient (Wildman–Crippen LogP) is 1.80. The van der Waals surface area contributed by atoms with Gasteiger partial charge in [-0.15, -0.1) is 0 Å². The lowest BCUT2D eigenvalue weighted by Gasteiger charge is -2.24. The summed E-state index contributed by atoms with van der Waals surface area (Å²) in [5.74, 6) is 0.789. The van der Waals surface area contributed by atoms with E-state index < -0.39 is 6.10 Å². The van der Waals surface area contributed by atoms with Crippen molar-refractivity contribution in [3.05, 3.63) is 59.5 Å². The number of fused-ring (bicyclic) bond motifs is 1. The van der Waals surface area contributed by atoms with Gasteiger partial charge in [-0.05, 0) is 30.5 Å². The zero-order valence-corrected chi connectivity index (χ0v) is 12.8. The Kier molecular flexibility index (Phi) is 5.27. The fourth-order valence-corrected chi connectivity index (χ4v) is 3.12. The highest BCUT2D eigenvalue weighted by Crippen LogP contribution is 2.26. The molecule has 0 bridgehead atoms. The van der Waals surface area contributed by atoms with Crippen molar-refractivity contribution in [2.75, 3.05) is 13.2 Å². The maximum absolute atomic E-state index is 10.1. The standard InChI is InChI=1S/C18H23NO3/c20-15(12-21-13-16-7-4-10-22-16)11-19-18-9-3-6-14-5-1-2-8-17(14)18/h1-2,4-5,7-8,10,15,18-20H,3,6,9,11-13H2/p+1/t15-,18-/m0/s1. The molecule has 0 radical (unpaired) electrons. The highest BCUT2D eigenvalue weighted by Gasteiger charge is 2.23. The van der Waals surface area contributed by atoms with Crippen LogP contribution in [0, 0.1) is 0 Å². The van der Waals surface area contributed by atoms with Gasteiger partial charge in [0, 0.05) is 12.0 Å². The number of aliphatic hydroxyl groups excluding tert-OH is 1. The van der Waals surface area contributed by atoms with Crippen LogP contribution in [-0.2, 0) is 17.8 Å². The van der Waals surface area contributed by atoms with E-state index >= 15 is 0 Å². The SMILES string of the molecule is O[C@@H](C[NH2+][C@H]1CCCc2ccccc21)COCc1ccco1. The van der Waals surface area contributed by atoms with Crippen LogP contribution in [0.1, 0.15) is 35.8 Å². The van der Waals surface area contributed by atoms with E-state index in [0.29, 0.717) is 25.8 Å². The van der Waals surface area contributed by atoms with Gasteiger partial charge >= 0.3 is 0 Å². The number of benzene rings is 1. The molecule has 0 saturated carbocycles. The first-order valence-electron chi connectivity index (χ1n) is 8.02. The highest BCUT2D eigenvalue weighted by atomic mass is 16.5. The molecule has 1 aromatic heterocycles. The summed E-state index contributed by atoms with van der Waals surface area (Å²) in [6.45, 7) is 1.42. The van der Waals surface area contributed by atoms with Gasteiger partial charge in [0.15, 0.2) is 0 Å². The molecule has 1 aromatic carbocycles. The molecule has 0 aliphatic heterocycles. The topological polar surface area (TPSA) is 59.2 Å². The third-order valence-electron chi connectivity index (χ3n) is 4.24. The molecule has 1 heterocycles. The second-order valence-corrected chi connectivity index (χ2v) is 5.92. The van der Waals surface area contributed by atoms with E-state index in [1.807, 2.05) is 12.1 Å². The third kappa shape index (κ3) is 3.97. The van der Waals surface area contributed by atoms with Crippen LogP contribution in [0.5, 0.6) is 0 Å². The molecular weight excluding hydrogens is 278 g/mol. The Hall–Kier alpha value is -1.62. The van der Waals surface area contributed by atoms with Crippen molar-refractivity contribution < 1.29 is 19.6 Å². The summed E-state index contributed by atoms with van der Waals surface area (Å²) in [7, 11) is 0. The van der Waals surface area contributed by atoms with Crippen LogP contribution in [0.15, 0.2) is 47.1 Å². The lowest BCUT2D eigenvalue weighted by atomic mass is 9.88. The molecule has 0 saturated heterocycles. The number of aryl methyl sites for hydroxylation is 1. The van der Waals surface area contributed by atoms with E-state index in [2.05, 4.69) is 29.6 Å². The van der Waals surface area contributed by atoms with Gasteiger partial charge in [-0.25, -0.2) is 0 Å². The van der Waals surface area contributed by atoms with Crippen molar-refractivity contribution >= 4 is 0 Å². The Morgan fingerprint density at radius 3 is 3.05 bits per heavy atom. The summed E-state index contributed by atoms with van der Waals surface area (Å²) >= 11 is 0. The lowest BCUT2D eigenvalue weighted by molar-refractivity contribution is -0.703. The number of furan rings is 1. The summed E-state index contributed by atoms with van der Waals surface area (Å²) in [5.41, 5.74) is 2.89. The van der Waals surface area contributed by atoms with Gasteiger partial charge < -0.3 is 19.6 Å². The number of quaternary nitrogens is 1. The number of aliphatic hydroxyl groups is 1. The number of nitrogens with two attached hydrogens (primary N) is 1. The van der Waals surface area contributed by atoms with Gasteiger partial charge in [0.25, 0.3) is 0 Å². The van der Waals surface area contributed by atoms with Gasteiger partial charge in [0.1, 0.15) is 31.1 Å². The van der Waals surface area contributed by atoms with Gasteiger partial charge in [-0.2, -0.15) is 0 Å². The molecule has 1 aliphatic rings. The number of hydrogen-bond donors (Lipinski definition) is 2. The Balaban J connectivity index is 1.42. The van der Waals surface area contributed by atoms with E-state index in [-0.39, 0.29) is 0 Å². The lowest BCUT2D eigenvalue weighted by Crippen LogP contribution is -2.87. The first-order chi connectivity index (χ1) is 10.8. The molecular formula is C18H24NO3+. The van der Waals surface area contributed by atoms with Crippen LogP contribution in [0.25, 0.3) is 0 Å². The quantitative estimate of drug-likeness (QED) is 0.820. The maximum atomic E-state index is 10.1. The van der Waals surface area contributed by atoms with Gasteiger partial charge in [0.2, 0.25) is 0 Å². The van der Waals surface area contributed by atoms with Crippen molar-refractivity contribution in [3.8, 4) is 0 Å². The van der Waals surface area contributed by atoms with Gasteiger partial charge in [0.05, 0.1) is 12.9 Å². The Morgan fingerprint density at radius 1 is 1.27 bits per heavy atom. The number of ether oxygens (including phenoxy) is 1. The smallest absolute Gasteiger partial charge is 0.129 e. The van der Waals surface area contributed by atoms with Crippen molar-refractivity contribution in [2.45, 2.75) is 38.0 Å². The van der Waals surface area contributed by atoms with Crippen molar-refractivity contribution in [1.29, 1.82) is 0 Å². The van der Waals surface area contributed by atoms with E-state index in [4.69, 9.17) is 9.15 Å². The number of hydrogen-bond acceptors (Lipinski definition) is 3. The molecule has 22 heavy (non-hydrogen) atoms. The normalized spacial score (nSPS) is 18.9. The molecule has 0 amide bonds. The minimum Gasteiger partial charge on any atom is -0.467 e. The summed E-state index contributed by atoms with van der Waals surface area (Å²) < 4.78 is 10.7. The average Bonchev–Trinajstić information content (AvgIpc) is 3.06. The molecule has 1 aliphatic carbocycles. The van der Waals surface area contributed by atoms with Crippen molar-refractivity contribution in [2.24, 2.45) is 0 Å². The van der Waals surface area contributed by atoms with E-state index in [1.54, 1.807) is 6.26 Å². The van der Waals surface area contributed by atoms with Crippen LogP contribution in [0.3, 0.4) is 0 Å². The Morgan fingerprint density at radius 2 is 2.18 bits per heavy atom. The van der Waals surface area contributed by atoms with E-state index in [9.17, 15) is 5.11 Å². The maximum Gasteiger partial charge on any atom is 0.129 e. The fourth-order valence-electron chi connectivity index (χ4n) is 3.12. The molecule has 118 valence electrons. The Bertz CT molecular complexity index is 567. The minimum absolute atomic E-state index is 0.339. The van der Waals surface area contributed by atoms with Crippen molar-refractivity contribution in [3.63, 3.8) is 0 Å². The van der Waals surface area contributed by atoms with Crippen LogP contribution >= 0.6 is 0 Å². The summed E-state index contributed by atoms with van der Waals surface area (Å²) in [6, 6.07) is 12.8. The van der Waals surface area contributed by atoms with Crippen LogP contribution in [0.2, 0.25) is 0 Å². The predicted molar refractivity (Wildman–Crippen MR) is 83.3 cm³/mol. The van der Waals surface area contributed by atoms with Crippen LogP contribution in [-0.4, -0.2) is 24.4 Å². The molecule has 3 rings (SSSR count). The van der Waals surface area contributed by atoms with E-state index in [1.165, 1.54) is 30.4 Å². The fraction of sp³-hybridized carbons (Fsp3) is 0.444. The second kappa shape index (κ2) is 7.58. The molecule has 0 fully saturated rings. The first kappa shape index (κ1) is 15.3. The summed E-state index contributed by atoms with van der Waals surface area (Å²) in [5, 5.41) is 12.3. The molecule has 4 heteroatoms. The monoisotopic (exact) mass is 302 g/mol. The first-order valence-corrected chi connectivity index (χ1v) is 8.02. The van der Waals surface area contributed by atoms with Gasteiger partial charge in [-0.3, -0.25) is 0 Å². The second-order valence-electron chi connectivity index (χ2n) is 5.92. The molecule has 2 atom stereocenters. The van der Waals surface area contributed by atoms with Crippen LogP contribution in [0.4, 0.5) is 0 Å². The molecule has 4 nitrogen and oxygen atoms in total. The number of rotatable bonds is 7. The zero-order chi connectivity index (χ0) is 15.2. The van der Waals surface area contributed by atoms with Crippen LogP contribution < -0.4 is 5.32 Å². The average molecular weight is 302 g/mol. The van der Waals surface area contributed by atoms with Gasteiger partial charge in [-0.1, -0.05) is 24.3 Å². The van der Waals surface area contributed by atoms with E-state index in [0.717, 1.165) is 5.76 Å². The summed E-state index contributed by atoms with van der Waals surface area (Å²) in [4.78, 5) is 0. The minimum atomic E-state index is -0.455. The van der Waals surface area contributed by atoms with Crippen molar-refractivity contribution in [1.82, 2.24) is 0 Å². The molecule has 0 unspecified atom stereocenters. The zero-order valence-electron chi connectivity index (χ0n) is 12.8.